The Morgan fingerprint density at radius 1 is 1.03 bits per heavy atom. The van der Waals surface area contributed by atoms with Gasteiger partial charge in [-0.1, -0.05) is 17.7 Å². The fraction of sp³-hybridized carbons (Fsp3) is 0.556. The number of hydrogen-bond donors (Lipinski definition) is 0. The second-order valence-corrected chi connectivity index (χ2v) is 10.8. The Bertz CT molecular complexity index is 995. The number of carbonyl (C=O) groups is 2. The fourth-order valence-corrected chi connectivity index (χ4v) is 6.17. The van der Waals surface area contributed by atoms with Crippen LogP contribution in [0, 0.1) is 12.8 Å². The van der Waals surface area contributed by atoms with Crippen molar-refractivity contribution in [3.63, 3.8) is 0 Å². The molecular formula is C27H35N3O3S. The van der Waals surface area contributed by atoms with Crippen LogP contribution in [0.3, 0.4) is 0 Å². The van der Waals surface area contributed by atoms with Gasteiger partial charge in [-0.2, -0.15) is 11.3 Å². The van der Waals surface area contributed by atoms with Crippen LogP contribution in [-0.2, 0) is 16.1 Å². The summed E-state index contributed by atoms with van der Waals surface area (Å²) in [4.78, 5) is 32.4. The maximum Gasteiger partial charge on any atom is 0.236 e. The molecule has 3 aliphatic heterocycles. The van der Waals surface area contributed by atoms with Crippen LogP contribution in [0.15, 0.2) is 35.0 Å². The number of hydrogen-bond acceptors (Lipinski definition) is 5. The lowest BCUT2D eigenvalue weighted by atomic mass is 9.94. The van der Waals surface area contributed by atoms with E-state index in [4.69, 9.17) is 4.74 Å². The first-order chi connectivity index (χ1) is 16.6. The summed E-state index contributed by atoms with van der Waals surface area (Å²) >= 11 is 1.67. The number of ether oxygens (including phenoxy) is 1. The van der Waals surface area contributed by atoms with Crippen molar-refractivity contribution < 1.29 is 14.3 Å². The topological polar surface area (TPSA) is 53.1 Å². The van der Waals surface area contributed by atoms with Gasteiger partial charge >= 0.3 is 0 Å². The third kappa shape index (κ3) is 5.31. The lowest BCUT2D eigenvalue weighted by Crippen LogP contribution is -2.48. The molecule has 0 saturated carbocycles. The molecule has 7 heteroatoms. The molecule has 34 heavy (non-hydrogen) atoms. The molecule has 1 atom stereocenters. The second kappa shape index (κ2) is 10.5. The first kappa shape index (κ1) is 23.4. The smallest absolute Gasteiger partial charge is 0.236 e. The lowest BCUT2D eigenvalue weighted by Gasteiger charge is -2.36. The van der Waals surface area contributed by atoms with Gasteiger partial charge in [0.25, 0.3) is 0 Å². The number of thiophene rings is 1. The average Bonchev–Trinajstić information content (AvgIpc) is 3.34. The molecule has 1 aromatic carbocycles. The van der Waals surface area contributed by atoms with Gasteiger partial charge in [0.1, 0.15) is 11.9 Å². The number of rotatable bonds is 4. The quantitative estimate of drug-likeness (QED) is 0.655. The van der Waals surface area contributed by atoms with Gasteiger partial charge in [0.05, 0.1) is 6.54 Å². The van der Waals surface area contributed by atoms with E-state index in [0.29, 0.717) is 38.6 Å². The van der Waals surface area contributed by atoms with Crippen molar-refractivity contribution in [1.82, 2.24) is 14.7 Å². The van der Waals surface area contributed by atoms with Gasteiger partial charge in [-0.3, -0.25) is 14.5 Å². The Morgan fingerprint density at radius 3 is 2.56 bits per heavy atom. The van der Waals surface area contributed by atoms with Crippen LogP contribution >= 0.6 is 11.3 Å². The molecule has 5 rings (SSSR count). The van der Waals surface area contributed by atoms with E-state index < -0.39 is 0 Å². The maximum absolute atomic E-state index is 13.3. The van der Waals surface area contributed by atoms with Crippen molar-refractivity contribution in [2.24, 2.45) is 5.92 Å². The summed E-state index contributed by atoms with van der Waals surface area (Å²) in [6, 6.07) is 8.41. The van der Waals surface area contributed by atoms with E-state index in [-0.39, 0.29) is 17.9 Å². The highest BCUT2D eigenvalue weighted by molar-refractivity contribution is 7.07. The molecule has 0 radical (unpaired) electrons. The number of aryl methyl sites for hydroxylation is 1. The third-order valence-corrected chi connectivity index (χ3v) is 8.14. The lowest BCUT2D eigenvalue weighted by molar-refractivity contribution is -0.142. The Kier molecular flexibility index (Phi) is 7.21. The minimum absolute atomic E-state index is 0.0755. The van der Waals surface area contributed by atoms with Gasteiger partial charge in [0.2, 0.25) is 11.8 Å². The zero-order valence-electron chi connectivity index (χ0n) is 20.1. The van der Waals surface area contributed by atoms with Gasteiger partial charge < -0.3 is 14.5 Å². The molecule has 0 spiro atoms. The third-order valence-electron chi connectivity index (χ3n) is 7.44. The van der Waals surface area contributed by atoms with Crippen LogP contribution in [0.1, 0.15) is 54.9 Å². The summed E-state index contributed by atoms with van der Waals surface area (Å²) in [5.41, 5.74) is 3.49. The SMILES string of the molecule is Cc1ccc2c(c1)CN(CC(=O)N1CCC(C(=O)N3CCCCC3)CC1)C[C@@H](c1ccsc1)O2. The summed E-state index contributed by atoms with van der Waals surface area (Å²) < 4.78 is 6.41. The second-order valence-electron chi connectivity index (χ2n) is 9.98. The van der Waals surface area contributed by atoms with Gasteiger partial charge in [0.15, 0.2) is 0 Å². The number of piperidine rings is 2. The number of benzene rings is 1. The number of nitrogens with zero attached hydrogens (tertiary/aromatic N) is 3. The van der Waals surface area contributed by atoms with Crippen molar-refractivity contribution in [3.05, 3.63) is 51.7 Å². The Morgan fingerprint density at radius 2 is 1.82 bits per heavy atom. The minimum Gasteiger partial charge on any atom is -0.484 e. The van der Waals surface area contributed by atoms with Crippen LogP contribution in [0.2, 0.25) is 0 Å². The van der Waals surface area contributed by atoms with Crippen LogP contribution in [0.25, 0.3) is 0 Å². The van der Waals surface area contributed by atoms with Crippen LogP contribution in [0.4, 0.5) is 0 Å². The highest BCUT2D eigenvalue weighted by atomic mass is 32.1. The molecule has 4 heterocycles. The molecule has 0 aliphatic carbocycles. The van der Waals surface area contributed by atoms with Gasteiger partial charge in [-0.15, -0.1) is 0 Å². The van der Waals surface area contributed by atoms with E-state index in [1.807, 2.05) is 9.80 Å². The van der Waals surface area contributed by atoms with Crippen LogP contribution in [-0.4, -0.2) is 65.8 Å². The van der Waals surface area contributed by atoms with E-state index in [1.165, 1.54) is 12.0 Å². The largest absolute Gasteiger partial charge is 0.484 e. The molecular weight excluding hydrogens is 446 g/mol. The molecule has 6 nitrogen and oxygen atoms in total. The number of fused-ring (bicyclic) bond motifs is 1. The van der Waals surface area contributed by atoms with Crippen LogP contribution in [0.5, 0.6) is 5.75 Å². The molecule has 2 saturated heterocycles. The van der Waals surface area contributed by atoms with E-state index in [0.717, 1.165) is 55.6 Å². The summed E-state index contributed by atoms with van der Waals surface area (Å²) in [5.74, 6) is 1.45. The summed E-state index contributed by atoms with van der Waals surface area (Å²) in [7, 11) is 0. The number of amides is 2. The first-order valence-corrected chi connectivity index (χ1v) is 13.6. The number of likely N-dealkylation sites (tertiary alicyclic amines) is 2. The Hall–Kier alpha value is -2.38. The minimum atomic E-state index is -0.0871. The number of carbonyl (C=O) groups excluding carboxylic acids is 2. The van der Waals surface area contributed by atoms with Crippen molar-refractivity contribution >= 4 is 23.2 Å². The average molecular weight is 482 g/mol. The fourth-order valence-electron chi connectivity index (χ4n) is 5.47. The molecule has 0 unspecified atom stereocenters. The Labute approximate surface area is 206 Å². The molecule has 3 aliphatic rings. The highest BCUT2D eigenvalue weighted by Crippen LogP contribution is 2.33. The van der Waals surface area contributed by atoms with E-state index in [1.54, 1.807) is 11.3 Å². The monoisotopic (exact) mass is 481 g/mol. The first-order valence-electron chi connectivity index (χ1n) is 12.6. The van der Waals surface area contributed by atoms with Crippen molar-refractivity contribution in [2.75, 3.05) is 39.3 Å². The van der Waals surface area contributed by atoms with Crippen molar-refractivity contribution in [1.29, 1.82) is 0 Å². The molecule has 2 aromatic rings. The molecule has 1 aromatic heterocycles. The molecule has 0 N–H and O–H groups in total. The predicted octanol–water partition coefficient (Wildman–Crippen LogP) is 4.24. The molecule has 2 amide bonds. The van der Waals surface area contributed by atoms with Crippen LogP contribution < -0.4 is 4.74 Å². The van der Waals surface area contributed by atoms with Gasteiger partial charge in [0, 0.05) is 56.3 Å². The Balaban J connectivity index is 1.21. The standard InChI is InChI=1S/C27H35N3O3S/c1-20-5-6-24-23(15-20)16-28(17-25(33-24)22-9-14-34-19-22)18-26(31)29-12-7-21(8-13-29)27(32)30-10-3-2-4-11-30/h5-6,9,14-15,19,21,25H,2-4,7-8,10-13,16-18H2,1H3/t25-/m0/s1. The maximum atomic E-state index is 13.3. The molecule has 0 bridgehead atoms. The molecule has 2 fully saturated rings. The highest BCUT2D eigenvalue weighted by Gasteiger charge is 2.32. The summed E-state index contributed by atoms with van der Waals surface area (Å²) in [6.07, 6.45) is 4.95. The normalized spacial score (nSPS) is 22.1. The van der Waals surface area contributed by atoms with E-state index in [9.17, 15) is 9.59 Å². The van der Waals surface area contributed by atoms with Gasteiger partial charge in [-0.05, 0) is 61.9 Å². The van der Waals surface area contributed by atoms with Crippen molar-refractivity contribution in [2.45, 2.75) is 51.7 Å². The molecule has 182 valence electrons. The zero-order chi connectivity index (χ0) is 23.5. The predicted molar refractivity (Wildman–Crippen MR) is 134 cm³/mol. The summed E-state index contributed by atoms with van der Waals surface area (Å²) in [5, 5.41) is 4.21. The van der Waals surface area contributed by atoms with E-state index in [2.05, 4.69) is 46.8 Å². The zero-order valence-corrected chi connectivity index (χ0v) is 20.9. The summed E-state index contributed by atoms with van der Waals surface area (Å²) in [6.45, 7) is 7.01. The van der Waals surface area contributed by atoms with Crippen molar-refractivity contribution in [3.8, 4) is 5.75 Å². The van der Waals surface area contributed by atoms with E-state index >= 15 is 0 Å². The van der Waals surface area contributed by atoms with Gasteiger partial charge in [-0.25, -0.2) is 0 Å².